The van der Waals surface area contributed by atoms with E-state index in [1.54, 1.807) is 0 Å². The molecule has 4 N–H and O–H groups in total. The van der Waals surface area contributed by atoms with Crippen LogP contribution in [-0.2, 0) is 32.7 Å². The number of hydrogen-bond acceptors (Lipinski definition) is 8. The van der Waals surface area contributed by atoms with E-state index in [0.29, 0.717) is 12.8 Å². The topological polar surface area (TPSA) is 169 Å². The second kappa shape index (κ2) is 34.1. The number of ether oxygens (including phenoxy) is 1. The summed E-state index contributed by atoms with van der Waals surface area (Å²) in [6.45, 7) is 2.52. The number of amides is 1. The zero-order chi connectivity index (χ0) is 37.1. The molecule has 0 heterocycles. The van der Waals surface area contributed by atoms with Crippen LogP contribution in [0.3, 0.4) is 0 Å². The molecule has 0 saturated carbocycles. The van der Waals surface area contributed by atoms with E-state index in [9.17, 15) is 34.1 Å². The number of esters is 1. The molecule has 0 rings (SSSR count). The largest absolute Gasteiger partial charge is 0.480 e. The lowest BCUT2D eigenvalue weighted by molar-refractivity contribution is -0.147. The van der Waals surface area contributed by atoms with Crippen LogP contribution in [0.1, 0.15) is 168 Å². The van der Waals surface area contributed by atoms with Gasteiger partial charge in [-0.1, -0.05) is 115 Å². The first-order valence-corrected chi connectivity index (χ1v) is 20.9. The Bertz CT molecular complexity index is 958. The molecule has 0 spiro atoms. The summed E-state index contributed by atoms with van der Waals surface area (Å²) in [6.07, 6.45) is 32.1. The Labute approximate surface area is 302 Å². The Balaban J connectivity index is 3.98. The number of rotatable bonds is 36. The number of carbonyl (C=O) groups excluding carboxylic acids is 2. The minimum absolute atomic E-state index is 0.135. The van der Waals surface area contributed by atoms with Crippen LogP contribution in [0, 0.1) is 0 Å². The number of phosphoric acid groups is 1. The SMILES string of the molecule is CCCCC/C=C\CCCCCCCC(=O)NC(COP(=O)(O)OCC(O)COC(=O)CCCCCCC/C=C\CCCCCCC)C(=O)O. The summed E-state index contributed by atoms with van der Waals surface area (Å²) in [7, 11) is -4.75. The number of aliphatic hydroxyl groups excluding tert-OH is 1. The highest BCUT2D eigenvalue weighted by Gasteiger charge is 2.28. The van der Waals surface area contributed by atoms with Crippen LogP contribution in [0.15, 0.2) is 24.3 Å². The van der Waals surface area contributed by atoms with E-state index < -0.39 is 57.6 Å². The molecular weight excluding hydrogens is 661 g/mol. The molecule has 12 heteroatoms. The number of carboxylic acids is 1. The summed E-state index contributed by atoms with van der Waals surface area (Å²) in [5.41, 5.74) is 0. The van der Waals surface area contributed by atoms with Gasteiger partial charge < -0.3 is 25.2 Å². The number of phosphoric ester groups is 1. The number of aliphatic hydroxyl groups is 1. The minimum Gasteiger partial charge on any atom is -0.480 e. The molecular formula is C38H70NO10P. The van der Waals surface area contributed by atoms with Gasteiger partial charge in [0.05, 0.1) is 13.2 Å². The molecule has 50 heavy (non-hydrogen) atoms. The second-order valence-electron chi connectivity index (χ2n) is 13.1. The molecule has 0 aliphatic rings. The highest BCUT2D eigenvalue weighted by Crippen LogP contribution is 2.43. The first-order valence-electron chi connectivity index (χ1n) is 19.4. The molecule has 0 aromatic heterocycles. The van der Waals surface area contributed by atoms with Crippen molar-refractivity contribution >= 4 is 25.7 Å². The van der Waals surface area contributed by atoms with E-state index in [0.717, 1.165) is 77.0 Å². The second-order valence-corrected chi connectivity index (χ2v) is 14.6. The zero-order valence-corrected chi connectivity index (χ0v) is 32.1. The third-order valence-corrected chi connectivity index (χ3v) is 9.16. The van der Waals surface area contributed by atoms with E-state index in [1.807, 2.05) is 0 Å². The summed E-state index contributed by atoms with van der Waals surface area (Å²) in [5.74, 6) is -2.40. The van der Waals surface area contributed by atoms with Crippen LogP contribution < -0.4 is 5.32 Å². The highest BCUT2D eigenvalue weighted by atomic mass is 31.2. The molecule has 292 valence electrons. The van der Waals surface area contributed by atoms with Crippen molar-refractivity contribution in [1.82, 2.24) is 5.32 Å². The predicted octanol–water partition coefficient (Wildman–Crippen LogP) is 9.11. The third kappa shape index (κ3) is 33.1. The fourth-order valence-corrected chi connectivity index (χ4v) is 5.90. The van der Waals surface area contributed by atoms with Gasteiger partial charge in [-0.15, -0.1) is 0 Å². The Hall–Kier alpha value is -2.04. The van der Waals surface area contributed by atoms with Gasteiger partial charge in [0.15, 0.2) is 6.04 Å². The van der Waals surface area contributed by atoms with Crippen molar-refractivity contribution in [3.05, 3.63) is 24.3 Å². The maximum Gasteiger partial charge on any atom is 0.472 e. The van der Waals surface area contributed by atoms with Gasteiger partial charge in [-0.05, 0) is 64.2 Å². The molecule has 3 unspecified atom stereocenters. The average molecular weight is 732 g/mol. The van der Waals surface area contributed by atoms with Gasteiger partial charge in [-0.3, -0.25) is 18.6 Å². The van der Waals surface area contributed by atoms with Crippen molar-refractivity contribution in [3.63, 3.8) is 0 Å². The van der Waals surface area contributed by atoms with E-state index in [2.05, 4.69) is 43.5 Å². The summed E-state index contributed by atoms with van der Waals surface area (Å²) in [4.78, 5) is 45.7. The highest BCUT2D eigenvalue weighted by molar-refractivity contribution is 7.47. The average Bonchev–Trinajstić information content (AvgIpc) is 3.08. The van der Waals surface area contributed by atoms with Crippen molar-refractivity contribution in [2.45, 2.75) is 180 Å². The van der Waals surface area contributed by atoms with E-state index in [1.165, 1.54) is 51.4 Å². The predicted molar refractivity (Wildman–Crippen MR) is 199 cm³/mol. The number of carboxylic acid groups (broad SMARTS) is 1. The molecule has 11 nitrogen and oxygen atoms in total. The lowest BCUT2D eigenvalue weighted by atomic mass is 10.1. The Morgan fingerprint density at radius 3 is 1.56 bits per heavy atom. The standard InChI is InChI=1S/C38H70NO10P/c1-3-5-7-9-11-13-15-17-18-20-22-24-26-28-30-37(42)47-31-34(40)32-48-50(45,46)49-33-35(38(43)44)39-36(41)29-27-25-23-21-19-16-14-12-10-8-6-4-2/h12,14-15,17,34-35,40H,3-11,13,16,18-33H2,1-2H3,(H,39,41)(H,43,44)(H,45,46)/b14-12-,17-15-. The molecule has 0 aliphatic heterocycles. The molecule has 0 saturated heterocycles. The van der Waals surface area contributed by atoms with Crippen LogP contribution in [0.4, 0.5) is 0 Å². The number of carbonyl (C=O) groups is 3. The van der Waals surface area contributed by atoms with Gasteiger partial charge >= 0.3 is 19.8 Å². The van der Waals surface area contributed by atoms with E-state index >= 15 is 0 Å². The first kappa shape index (κ1) is 48.0. The fourth-order valence-electron chi connectivity index (χ4n) is 5.13. The Kier molecular flexibility index (Phi) is 32.7. The molecule has 0 fully saturated rings. The Morgan fingerprint density at radius 2 is 1.04 bits per heavy atom. The van der Waals surface area contributed by atoms with Crippen LogP contribution >= 0.6 is 7.82 Å². The monoisotopic (exact) mass is 731 g/mol. The maximum atomic E-state index is 12.2. The Morgan fingerprint density at radius 1 is 0.620 bits per heavy atom. The van der Waals surface area contributed by atoms with E-state index in [-0.39, 0.29) is 12.8 Å². The lowest BCUT2D eigenvalue weighted by Crippen LogP contribution is -2.43. The van der Waals surface area contributed by atoms with Crippen molar-refractivity contribution in [3.8, 4) is 0 Å². The number of hydrogen-bond donors (Lipinski definition) is 4. The minimum atomic E-state index is -4.75. The normalized spacial score (nSPS) is 14.2. The van der Waals surface area contributed by atoms with E-state index in [4.69, 9.17) is 13.8 Å². The van der Waals surface area contributed by atoms with Crippen LogP contribution in [-0.4, -0.2) is 64.9 Å². The summed E-state index contributed by atoms with van der Waals surface area (Å²) in [6, 6.07) is -1.55. The van der Waals surface area contributed by atoms with Gasteiger partial charge in [0.2, 0.25) is 5.91 Å². The third-order valence-electron chi connectivity index (χ3n) is 8.21. The number of allylic oxidation sites excluding steroid dienone is 4. The fraction of sp³-hybridized carbons (Fsp3) is 0.816. The van der Waals surface area contributed by atoms with Crippen LogP contribution in [0.2, 0.25) is 0 Å². The van der Waals surface area contributed by atoms with Crippen molar-refractivity contribution < 1.29 is 47.8 Å². The van der Waals surface area contributed by atoms with Gasteiger partial charge in [0, 0.05) is 12.8 Å². The molecule has 0 aromatic carbocycles. The van der Waals surface area contributed by atoms with Crippen molar-refractivity contribution in [2.75, 3.05) is 19.8 Å². The summed E-state index contributed by atoms with van der Waals surface area (Å²) < 4.78 is 26.7. The molecule has 0 bridgehead atoms. The van der Waals surface area contributed by atoms with Crippen LogP contribution in [0.25, 0.3) is 0 Å². The van der Waals surface area contributed by atoms with Crippen molar-refractivity contribution in [1.29, 1.82) is 0 Å². The van der Waals surface area contributed by atoms with Gasteiger partial charge in [0.1, 0.15) is 12.7 Å². The van der Waals surface area contributed by atoms with Gasteiger partial charge in [0.25, 0.3) is 0 Å². The van der Waals surface area contributed by atoms with Gasteiger partial charge in [-0.2, -0.15) is 0 Å². The lowest BCUT2D eigenvalue weighted by Gasteiger charge is -2.18. The molecule has 0 aliphatic carbocycles. The molecule has 0 aromatic rings. The number of unbranched alkanes of at least 4 members (excludes halogenated alkanes) is 18. The smallest absolute Gasteiger partial charge is 0.472 e. The number of aliphatic carboxylic acids is 1. The summed E-state index contributed by atoms with van der Waals surface area (Å²) >= 11 is 0. The van der Waals surface area contributed by atoms with Crippen LogP contribution in [0.5, 0.6) is 0 Å². The van der Waals surface area contributed by atoms with Crippen molar-refractivity contribution in [2.24, 2.45) is 0 Å². The quantitative estimate of drug-likeness (QED) is 0.0211. The molecule has 0 radical (unpaired) electrons. The summed E-state index contributed by atoms with van der Waals surface area (Å²) in [5, 5.41) is 21.7. The molecule has 1 amide bonds. The zero-order valence-electron chi connectivity index (χ0n) is 31.2. The van der Waals surface area contributed by atoms with Gasteiger partial charge in [-0.25, -0.2) is 9.36 Å². The maximum absolute atomic E-state index is 12.2. The first-order chi connectivity index (χ1) is 24.1. The number of nitrogens with one attached hydrogen (secondary N) is 1. The molecule has 3 atom stereocenters.